The lowest BCUT2D eigenvalue weighted by Crippen LogP contribution is -2.40. The van der Waals surface area contributed by atoms with E-state index in [1.54, 1.807) is 6.08 Å². The van der Waals surface area contributed by atoms with Gasteiger partial charge in [-0.25, -0.2) is 0 Å². The van der Waals surface area contributed by atoms with Crippen LogP contribution in [0.15, 0.2) is 36.5 Å². The molecule has 0 aliphatic heterocycles. The van der Waals surface area contributed by atoms with Gasteiger partial charge < -0.3 is 10.00 Å². The molecule has 2 rings (SSSR count). The van der Waals surface area contributed by atoms with E-state index in [2.05, 4.69) is 13.0 Å². The van der Waals surface area contributed by atoms with Crippen LogP contribution >= 0.6 is 7.37 Å². The number of carbonyl (C=O) groups is 1. The molecule has 27 heavy (non-hydrogen) atoms. The Balaban J connectivity index is 1.77. The molecule has 0 amide bonds. The van der Waals surface area contributed by atoms with Crippen molar-refractivity contribution in [3.63, 3.8) is 0 Å². The molecule has 0 bridgehead atoms. The molecule has 1 fully saturated rings. The minimum Gasteiger partial charge on any atom is -0.392 e. The fourth-order valence-electron chi connectivity index (χ4n) is 4.16. The second kappa shape index (κ2) is 10.0. The average Bonchev–Trinajstić information content (AvgIpc) is 2.90. The SMILES string of the molecule is CCC1(C(O)C/C=C/[C@H]2C=CC(=O)[C@@H]2C/C=C\CCCP(C)(=O)O)CCC1. The highest BCUT2D eigenvalue weighted by Gasteiger charge is 2.41. The Labute approximate surface area is 163 Å². The first-order valence-electron chi connectivity index (χ1n) is 10.3. The van der Waals surface area contributed by atoms with E-state index in [9.17, 15) is 19.4 Å². The van der Waals surface area contributed by atoms with E-state index in [1.807, 2.05) is 24.3 Å². The summed E-state index contributed by atoms with van der Waals surface area (Å²) in [5.74, 6) is 0.197. The molecule has 152 valence electrons. The van der Waals surface area contributed by atoms with Gasteiger partial charge in [0.05, 0.1) is 6.10 Å². The topological polar surface area (TPSA) is 74.6 Å². The summed E-state index contributed by atoms with van der Waals surface area (Å²) in [5.41, 5.74) is 0.116. The first kappa shape index (κ1) is 22.3. The molecule has 0 radical (unpaired) electrons. The molecule has 4 nitrogen and oxygen atoms in total. The van der Waals surface area contributed by atoms with Crippen molar-refractivity contribution in [1.29, 1.82) is 0 Å². The fourth-order valence-corrected chi connectivity index (χ4v) is 4.93. The molecule has 2 N–H and O–H groups in total. The van der Waals surface area contributed by atoms with Gasteiger partial charge >= 0.3 is 0 Å². The Bertz CT molecular complexity index is 619. The van der Waals surface area contributed by atoms with Crippen LogP contribution in [0.3, 0.4) is 0 Å². The van der Waals surface area contributed by atoms with Gasteiger partial charge in [-0.2, -0.15) is 0 Å². The molecule has 2 aliphatic rings. The van der Waals surface area contributed by atoms with E-state index in [0.717, 1.165) is 25.7 Å². The van der Waals surface area contributed by atoms with Gasteiger partial charge in [0.15, 0.2) is 13.2 Å². The normalized spacial score (nSPS) is 27.9. The van der Waals surface area contributed by atoms with Crippen LogP contribution in [0.25, 0.3) is 0 Å². The summed E-state index contributed by atoms with van der Waals surface area (Å²) in [6.07, 6.45) is 19.1. The molecule has 2 aliphatic carbocycles. The van der Waals surface area contributed by atoms with Crippen LogP contribution in [-0.2, 0) is 9.36 Å². The molecular formula is C22H35O4P. The Morgan fingerprint density at radius 3 is 2.67 bits per heavy atom. The Morgan fingerprint density at radius 2 is 2.07 bits per heavy atom. The quantitative estimate of drug-likeness (QED) is 0.298. The minimum absolute atomic E-state index is 0.0615. The van der Waals surface area contributed by atoms with E-state index in [1.165, 1.54) is 13.1 Å². The van der Waals surface area contributed by atoms with Crippen LogP contribution < -0.4 is 0 Å². The van der Waals surface area contributed by atoms with Gasteiger partial charge in [0.25, 0.3) is 0 Å². The number of hydrogen-bond donors (Lipinski definition) is 2. The molecule has 0 aromatic heterocycles. The summed E-state index contributed by atoms with van der Waals surface area (Å²) in [6, 6.07) is 0. The highest BCUT2D eigenvalue weighted by Crippen LogP contribution is 2.47. The van der Waals surface area contributed by atoms with Crippen molar-refractivity contribution in [2.24, 2.45) is 17.3 Å². The van der Waals surface area contributed by atoms with Gasteiger partial charge in [-0.15, -0.1) is 0 Å². The second-order valence-electron chi connectivity index (χ2n) is 8.32. The molecule has 2 unspecified atom stereocenters. The fraction of sp³-hybridized carbons (Fsp3) is 0.682. The molecule has 0 heterocycles. The third-order valence-electron chi connectivity index (χ3n) is 6.29. The molecular weight excluding hydrogens is 359 g/mol. The number of unbranched alkanes of at least 4 members (excludes halogenated alkanes) is 1. The maximum absolute atomic E-state index is 12.1. The summed E-state index contributed by atoms with van der Waals surface area (Å²) in [7, 11) is -2.92. The van der Waals surface area contributed by atoms with Gasteiger partial charge in [0, 0.05) is 24.7 Å². The predicted molar refractivity (Wildman–Crippen MR) is 111 cm³/mol. The van der Waals surface area contributed by atoms with Crippen molar-refractivity contribution in [3.05, 3.63) is 36.5 Å². The molecule has 0 spiro atoms. The van der Waals surface area contributed by atoms with Crippen LogP contribution in [-0.4, -0.2) is 34.7 Å². The van der Waals surface area contributed by atoms with Gasteiger partial charge in [-0.3, -0.25) is 9.36 Å². The zero-order chi connectivity index (χ0) is 19.9. The summed E-state index contributed by atoms with van der Waals surface area (Å²) < 4.78 is 11.2. The first-order chi connectivity index (χ1) is 12.8. The van der Waals surface area contributed by atoms with Crippen LogP contribution in [0.5, 0.6) is 0 Å². The van der Waals surface area contributed by atoms with E-state index in [-0.39, 0.29) is 29.1 Å². The smallest absolute Gasteiger partial charge is 0.197 e. The van der Waals surface area contributed by atoms with Crippen molar-refractivity contribution in [1.82, 2.24) is 0 Å². The molecule has 4 atom stereocenters. The van der Waals surface area contributed by atoms with Crippen LogP contribution in [0.4, 0.5) is 0 Å². The molecule has 0 saturated heterocycles. The maximum atomic E-state index is 12.1. The van der Waals surface area contributed by atoms with E-state index in [4.69, 9.17) is 0 Å². The number of ketones is 1. The molecule has 0 aromatic carbocycles. The monoisotopic (exact) mass is 394 g/mol. The average molecular weight is 394 g/mol. The zero-order valence-electron chi connectivity index (χ0n) is 16.7. The number of rotatable bonds is 11. The third-order valence-corrected chi connectivity index (χ3v) is 7.44. The zero-order valence-corrected chi connectivity index (χ0v) is 17.6. The summed E-state index contributed by atoms with van der Waals surface area (Å²) in [5, 5.41) is 10.5. The van der Waals surface area contributed by atoms with Crippen LogP contribution in [0.1, 0.15) is 58.3 Å². The first-order valence-corrected chi connectivity index (χ1v) is 12.6. The van der Waals surface area contributed by atoms with Gasteiger partial charge in [-0.05, 0) is 56.4 Å². The van der Waals surface area contributed by atoms with Crippen molar-refractivity contribution in [2.75, 3.05) is 12.8 Å². The Kier molecular flexibility index (Phi) is 8.27. The standard InChI is InChI=1S/C22H35O4P/c1-3-22(15-9-16-22)21(24)12-8-10-18-13-14-20(23)19(18)11-6-4-5-7-17-27(2,25)26/h4,6,8,10,13-14,18-19,21,24H,3,5,7,9,11-12,15-17H2,1-2H3,(H,25,26)/b6-4-,10-8+/t18-,19+,21?/m0/s1. The van der Waals surface area contributed by atoms with Crippen LogP contribution in [0, 0.1) is 17.3 Å². The van der Waals surface area contributed by atoms with E-state index >= 15 is 0 Å². The number of aliphatic hydroxyl groups excluding tert-OH is 1. The number of hydrogen-bond acceptors (Lipinski definition) is 3. The lowest BCUT2D eigenvalue weighted by atomic mass is 9.63. The Morgan fingerprint density at radius 1 is 1.33 bits per heavy atom. The van der Waals surface area contributed by atoms with Gasteiger partial charge in [0.1, 0.15) is 0 Å². The largest absolute Gasteiger partial charge is 0.392 e. The van der Waals surface area contributed by atoms with Crippen molar-refractivity contribution < 1.29 is 19.4 Å². The van der Waals surface area contributed by atoms with Crippen molar-refractivity contribution in [2.45, 2.75) is 64.4 Å². The van der Waals surface area contributed by atoms with Gasteiger partial charge in [0.2, 0.25) is 0 Å². The summed E-state index contributed by atoms with van der Waals surface area (Å²) >= 11 is 0. The lowest BCUT2D eigenvalue weighted by molar-refractivity contribution is -0.117. The summed E-state index contributed by atoms with van der Waals surface area (Å²) in [6.45, 7) is 3.55. The minimum atomic E-state index is -2.92. The lowest BCUT2D eigenvalue weighted by Gasteiger charge is -2.45. The second-order valence-corrected chi connectivity index (χ2v) is 10.9. The van der Waals surface area contributed by atoms with E-state index < -0.39 is 7.37 Å². The predicted octanol–water partition coefficient (Wildman–Crippen LogP) is 4.87. The van der Waals surface area contributed by atoms with Crippen molar-refractivity contribution in [3.8, 4) is 0 Å². The number of carbonyl (C=O) groups excluding carboxylic acids is 1. The number of allylic oxidation sites excluding steroid dienone is 5. The van der Waals surface area contributed by atoms with Crippen LogP contribution in [0.2, 0.25) is 0 Å². The molecule has 1 saturated carbocycles. The summed E-state index contributed by atoms with van der Waals surface area (Å²) in [4.78, 5) is 21.4. The number of aliphatic hydroxyl groups is 1. The highest BCUT2D eigenvalue weighted by atomic mass is 31.2. The van der Waals surface area contributed by atoms with E-state index in [0.29, 0.717) is 25.4 Å². The van der Waals surface area contributed by atoms with Crippen molar-refractivity contribution >= 4 is 13.2 Å². The Hall–Kier alpha value is -0.960. The molecule has 5 heteroatoms. The van der Waals surface area contributed by atoms with Gasteiger partial charge in [-0.1, -0.05) is 43.7 Å². The molecule has 0 aromatic rings. The third kappa shape index (κ3) is 6.55. The highest BCUT2D eigenvalue weighted by molar-refractivity contribution is 7.57. The maximum Gasteiger partial charge on any atom is 0.197 e.